The van der Waals surface area contributed by atoms with E-state index >= 15 is 0 Å². The van der Waals surface area contributed by atoms with Gasteiger partial charge in [-0.3, -0.25) is 9.59 Å². The van der Waals surface area contributed by atoms with Crippen LogP contribution in [0.1, 0.15) is 28.4 Å². The Morgan fingerprint density at radius 1 is 0.960 bits per heavy atom. The summed E-state index contributed by atoms with van der Waals surface area (Å²) in [6.07, 6.45) is 0.460. The van der Waals surface area contributed by atoms with Crippen molar-refractivity contribution in [2.24, 2.45) is 0 Å². The van der Waals surface area contributed by atoms with Crippen LogP contribution in [0.2, 0.25) is 0 Å². The molecule has 3 rings (SSSR count). The predicted octanol–water partition coefficient (Wildman–Crippen LogP) is 3.09. The summed E-state index contributed by atoms with van der Waals surface area (Å²) in [6.45, 7) is 6.65. The first-order valence-electron chi connectivity index (χ1n) is 8.72. The first-order chi connectivity index (χ1) is 12.0. The van der Waals surface area contributed by atoms with Crippen molar-refractivity contribution in [2.45, 2.75) is 20.3 Å². The van der Waals surface area contributed by atoms with Gasteiger partial charge in [0, 0.05) is 37.4 Å². The normalized spacial score (nSPS) is 14.5. The number of amides is 1. The molecule has 0 bridgehead atoms. The summed E-state index contributed by atoms with van der Waals surface area (Å²) in [5.41, 5.74) is 4.04. The number of piperazine rings is 1. The number of carbonyl (C=O) groups excluding carboxylic acids is 2. The van der Waals surface area contributed by atoms with Gasteiger partial charge >= 0.3 is 0 Å². The molecule has 0 saturated carbocycles. The molecule has 1 aliphatic heterocycles. The molecular weight excluding hydrogens is 312 g/mol. The van der Waals surface area contributed by atoms with Gasteiger partial charge in [-0.15, -0.1) is 0 Å². The minimum Gasteiger partial charge on any atom is -0.368 e. The summed E-state index contributed by atoms with van der Waals surface area (Å²) >= 11 is 0. The largest absolute Gasteiger partial charge is 0.368 e. The van der Waals surface area contributed by atoms with Crippen LogP contribution in [0, 0.1) is 6.92 Å². The van der Waals surface area contributed by atoms with Crippen LogP contribution in [0.25, 0.3) is 0 Å². The second-order valence-corrected chi connectivity index (χ2v) is 6.64. The highest BCUT2D eigenvalue weighted by Gasteiger charge is 2.21. The number of benzene rings is 2. The number of ketones is 1. The van der Waals surface area contributed by atoms with Crippen LogP contribution < -0.4 is 4.90 Å². The van der Waals surface area contributed by atoms with Crippen molar-refractivity contribution in [1.82, 2.24) is 4.90 Å². The highest BCUT2D eigenvalue weighted by Crippen LogP contribution is 2.19. The van der Waals surface area contributed by atoms with Gasteiger partial charge in [-0.05, 0) is 31.5 Å². The van der Waals surface area contributed by atoms with Crippen LogP contribution in [0.15, 0.2) is 48.5 Å². The molecule has 2 aromatic rings. The quantitative estimate of drug-likeness (QED) is 0.806. The molecule has 0 aromatic heterocycles. The predicted molar refractivity (Wildman–Crippen MR) is 100 cm³/mol. The van der Waals surface area contributed by atoms with Gasteiger partial charge in [0.05, 0.1) is 6.42 Å². The standard InChI is InChI=1S/C21H24N2O2/c1-16-5-3-6-18(13-16)14-21(25)23-11-9-22(10-12-23)20-8-4-7-19(15-20)17(2)24/h3-8,13,15H,9-12,14H2,1-2H3. The summed E-state index contributed by atoms with van der Waals surface area (Å²) in [5, 5.41) is 0. The van der Waals surface area contributed by atoms with Gasteiger partial charge in [0.25, 0.3) is 0 Å². The van der Waals surface area contributed by atoms with E-state index < -0.39 is 0 Å². The summed E-state index contributed by atoms with van der Waals surface area (Å²) in [6, 6.07) is 15.8. The molecule has 1 aliphatic rings. The van der Waals surface area contributed by atoms with Gasteiger partial charge in [-0.2, -0.15) is 0 Å². The maximum absolute atomic E-state index is 12.5. The van der Waals surface area contributed by atoms with E-state index in [1.165, 1.54) is 5.56 Å². The maximum atomic E-state index is 12.5. The Balaban J connectivity index is 1.59. The van der Waals surface area contributed by atoms with Crippen molar-refractivity contribution < 1.29 is 9.59 Å². The van der Waals surface area contributed by atoms with E-state index in [2.05, 4.69) is 11.0 Å². The molecule has 1 saturated heterocycles. The van der Waals surface area contributed by atoms with Gasteiger partial charge in [-0.25, -0.2) is 0 Å². The maximum Gasteiger partial charge on any atom is 0.227 e. The van der Waals surface area contributed by atoms with E-state index in [0.717, 1.165) is 43.0 Å². The molecule has 0 aliphatic carbocycles. The Morgan fingerprint density at radius 2 is 1.68 bits per heavy atom. The zero-order valence-corrected chi connectivity index (χ0v) is 14.9. The van der Waals surface area contributed by atoms with Crippen molar-refractivity contribution in [2.75, 3.05) is 31.1 Å². The number of carbonyl (C=O) groups is 2. The Hall–Kier alpha value is -2.62. The van der Waals surface area contributed by atoms with Gasteiger partial charge in [0.1, 0.15) is 0 Å². The van der Waals surface area contributed by atoms with Crippen molar-refractivity contribution in [1.29, 1.82) is 0 Å². The third kappa shape index (κ3) is 4.27. The minimum absolute atomic E-state index is 0.0776. The fraction of sp³-hybridized carbons (Fsp3) is 0.333. The third-order valence-electron chi connectivity index (χ3n) is 4.69. The Kier molecular flexibility index (Phi) is 5.17. The van der Waals surface area contributed by atoms with Gasteiger partial charge in [0.2, 0.25) is 5.91 Å². The van der Waals surface area contributed by atoms with E-state index in [9.17, 15) is 9.59 Å². The van der Waals surface area contributed by atoms with E-state index in [1.807, 2.05) is 54.3 Å². The molecule has 0 unspecified atom stereocenters. The topological polar surface area (TPSA) is 40.6 Å². The smallest absolute Gasteiger partial charge is 0.227 e. The number of anilines is 1. The van der Waals surface area contributed by atoms with Crippen molar-refractivity contribution in [3.63, 3.8) is 0 Å². The second kappa shape index (κ2) is 7.51. The zero-order chi connectivity index (χ0) is 17.8. The number of hydrogen-bond donors (Lipinski definition) is 0. The molecule has 1 fully saturated rings. The average Bonchev–Trinajstić information content (AvgIpc) is 2.62. The first-order valence-corrected chi connectivity index (χ1v) is 8.72. The highest BCUT2D eigenvalue weighted by molar-refractivity contribution is 5.95. The van der Waals surface area contributed by atoms with Gasteiger partial charge < -0.3 is 9.80 Å². The number of aryl methyl sites for hydroxylation is 1. The number of nitrogens with zero attached hydrogens (tertiary/aromatic N) is 2. The summed E-state index contributed by atoms with van der Waals surface area (Å²) in [7, 11) is 0. The molecule has 130 valence electrons. The van der Waals surface area contributed by atoms with Crippen molar-refractivity contribution >= 4 is 17.4 Å². The Labute approximate surface area is 149 Å². The summed E-state index contributed by atoms with van der Waals surface area (Å²) in [4.78, 5) is 28.3. The van der Waals surface area contributed by atoms with E-state index in [1.54, 1.807) is 6.92 Å². The fourth-order valence-corrected chi connectivity index (χ4v) is 3.24. The van der Waals surface area contributed by atoms with Crippen LogP contribution in [0.3, 0.4) is 0 Å². The molecule has 0 N–H and O–H groups in total. The lowest BCUT2D eigenvalue weighted by atomic mass is 10.1. The molecular formula is C21H24N2O2. The van der Waals surface area contributed by atoms with Crippen LogP contribution in [-0.2, 0) is 11.2 Å². The second-order valence-electron chi connectivity index (χ2n) is 6.64. The number of rotatable bonds is 4. The van der Waals surface area contributed by atoms with Crippen LogP contribution in [0.4, 0.5) is 5.69 Å². The molecule has 1 amide bonds. The molecule has 4 nitrogen and oxygen atoms in total. The summed E-state index contributed by atoms with van der Waals surface area (Å²) in [5.74, 6) is 0.261. The lowest BCUT2D eigenvalue weighted by Gasteiger charge is -2.36. The SMILES string of the molecule is CC(=O)c1cccc(N2CCN(C(=O)Cc3cccc(C)c3)CC2)c1. The molecule has 0 spiro atoms. The van der Waals surface area contributed by atoms with Crippen LogP contribution >= 0.6 is 0 Å². The van der Waals surface area contributed by atoms with Gasteiger partial charge in [-0.1, -0.05) is 42.0 Å². The first kappa shape index (κ1) is 17.2. The lowest BCUT2D eigenvalue weighted by molar-refractivity contribution is -0.130. The average molecular weight is 336 g/mol. The monoisotopic (exact) mass is 336 g/mol. The Morgan fingerprint density at radius 3 is 2.36 bits per heavy atom. The molecule has 0 radical (unpaired) electrons. The van der Waals surface area contributed by atoms with Crippen LogP contribution in [-0.4, -0.2) is 42.8 Å². The molecule has 4 heteroatoms. The van der Waals surface area contributed by atoms with Gasteiger partial charge in [0.15, 0.2) is 5.78 Å². The molecule has 2 aromatic carbocycles. The van der Waals surface area contributed by atoms with E-state index in [4.69, 9.17) is 0 Å². The lowest BCUT2D eigenvalue weighted by Crippen LogP contribution is -2.49. The van der Waals surface area contributed by atoms with Crippen LogP contribution in [0.5, 0.6) is 0 Å². The van der Waals surface area contributed by atoms with E-state index in [-0.39, 0.29) is 11.7 Å². The molecule has 25 heavy (non-hydrogen) atoms. The summed E-state index contributed by atoms with van der Waals surface area (Å²) < 4.78 is 0. The van der Waals surface area contributed by atoms with Crippen molar-refractivity contribution in [3.05, 3.63) is 65.2 Å². The number of hydrogen-bond acceptors (Lipinski definition) is 3. The van der Waals surface area contributed by atoms with E-state index in [0.29, 0.717) is 6.42 Å². The fourth-order valence-electron chi connectivity index (χ4n) is 3.24. The highest BCUT2D eigenvalue weighted by atomic mass is 16.2. The Bertz CT molecular complexity index is 777. The molecule has 0 atom stereocenters. The third-order valence-corrected chi connectivity index (χ3v) is 4.69. The van der Waals surface area contributed by atoms with Crippen molar-refractivity contribution in [3.8, 4) is 0 Å². The molecule has 1 heterocycles. The zero-order valence-electron chi connectivity index (χ0n) is 14.9. The minimum atomic E-state index is 0.0776. The number of Topliss-reactive ketones (excluding diaryl/α,β-unsaturated/α-hetero) is 1.